The zero-order valence-electron chi connectivity index (χ0n) is 19.2. The summed E-state index contributed by atoms with van der Waals surface area (Å²) in [6, 6.07) is -0.746. The fourth-order valence-corrected chi connectivity index (χ4v) is 6.55. The number of fused-ring (bicyclic) bond motifs is 1. The van der Waals surface area contributed by atoms with Crippen LogP contribution in [0.2, 0.25) is 0 Å². The number of esters is 1. The third-order valence-corrected chi connectivity index (χ3v) is 7.83. The van der Waals surface area contributed by atoms with E-state index in [0.29, 0.717) is 19.5 Å². The van der Waals surface area contributed by atoms with E-state index in [1.54, 1.807) is 11.8 Å². The molecule has 8 nitrogen and oxygen atoms in total. The van der Waals surface area contributed by atoms with Crippen LogP contribution in [0.3, 0.4) is 0 Å². The number of carbonyl (C=O) groups excluding carboxylic acids is 3. The molecule has 2 bridgehead atoms. The standard InChI is InChI=1S/C23H37BrN2O6/c1-3-5-8-11-25-20(28)19-23-14-15(24)18(32-23)16(22(30)31-4-2)17(23)21(29)26(19)12-9-6-7-10-13-27/h15-19,27H,3-14H2,1-2H3,(H,25,28)/t15?,16-,17+,18-,19?,23?/m1/s1. The number of halogens is 1. The molecule has 3 rings (SSSR count). The first kappa shape index (κ1) is 25.4. The molecule has 0 aromatic heterocycles. The number of unbranched alkanes of at least 4 members (excludes halogenated alkanes) is 5. The molecule has 0 aromatic rings. The van der Waals surface area contributed by atoms with Crippen LogP contribution in [0, 0.1) is 11.8 Å². The second kappa shape index (κ2) is 11.3. The molecule has 3 fully saturated rings. The van der Waals surface area contributed by atoms with Gasteiger partial charge in [-0.05, 0) is 32.6 Å². The number of aliphatic hydroxyl groups is 1. The molecule has 2 N–H and O–H groups in total. The summed E-state index contributed by atoms with van der Waals surface area (Å²) in [6.45, 7) is 5.24. The van der Waals surface area contributed by atoms with Crippen molar-refractivity contribution in [3.05, 3.63) is 0 Å². The number of nitrogens with zero attached hydrogens (tertiary/aromatic N) is 1. The minimum atomic E-state index is -1.01. The van der Waals surface area contributed by atoms with Gasteiger partial charge >= 0.3 is 5.97 Å². The Balaban J connectivity index is 1.83. The van der Waals surface area contributed by atoms with E-state index in [-0.39, 0.29) is 29.9 Å². The summed E-state index contributed by atoms with van der Waals surface area (Å²) in [5, 5.41) is 12.0. The summed E-state index contributed by atoms with van der Waals surface area (Å²) >= 11 is 3.64. The van der Waals surface area contributed by atoms with Crippen molar-refractivity contribution < 1.29 is 29.0 Å². The lowest BCUT2D eigenvalue weighted by molar-refractivity contribution is -0.154. The first-order valence-corrected chi connectivity index (χ1v) is 13.0. The van der Waals surface area contributed by atoms with Gasteiger partial charge < -0.3 is 24.8 Å². The Morgan fingerprint density at radius 2 is 1.97 bits per heavy atom. The number of hydrogen-bond acceptors (Lipinski definition) is 6. The lowest BCUT2D eigenvalue weighted by Crippen LogP contribution is -2.56. The molecule has 0 aliphatic carbocycles. The Hall–Kier alpha value is -1.19. The Morgan fingerprint density at radius 3 is 2.66 bits per heavy atom. The van der Waals surface area contributed by atoms with Gasteiger partial charge in [-0.2, -0.15) is 0 Å². The van der Waals surface area contributed by atoms with Crippen molar-refractivity contribution in [1.29, 1.82) is 0 Å². The fourth-order valence-electron chi connectivity index (χ4n) is 5.61. The highest BCUT2D eigenvalue weighted by Gasteiger charge is 2.76. The van der Waals surface area contributed by atoms with Crippen molar-refractivity contribution in [2.75, 3.05) is 26.3 Å². The second-order valence-corrected chi connectivity index (χ2v) is 10.3. The molecule has 2 amide bonds. The molecule has 3 unspecified atom stereocenters. The van der Waals surface area contributed by atoms with Crippen LogP contribution in [0.25, 0.3) is 0 Å². The van der Waals surface area contributed by atoms with E-state index in [1.807, 2.05) is 0 Å². The van der Waals surface area contributed by atoms with Crippen LogP contribution >= 0.6 is 15.9 Å². The summed E-state index contributed by atoms with van der Waals surface area (Å²) in [5.74, 6) is -2.19. The predicted molar refractivity (Wildman–Crippen MR) is 122 cm³/mol. The normalized spacial score (nSPS) is 32.9. The summed E-state index contributed by atoms with van der Waals surface area (Å²) in [7, 11) is 0. The van der Waals surface area contributed by atoms with Crippen LogP contribution in [0.5, 0.6) is 0 Å². The Kier molecular flexibility index (Phi) is 8.97. The van der Waals surface area contributed by atoms with Gasteiger partial charge in [0.1, 0.15) is 11.6 Å². The van der Waals surface area contributed by atoms with Gasteiger partial charge in [-0.15, -0.1) is 0 Å². The molecule has 3 aliphatic rings. The van der Waals surface area contributed by atoms with Crippen LogP contribution in [0.4, 0.5) is 0 Å². The zero-order valence-corrected chi connectivity index (χ0v) is 20.8. The summed E-state index contributed by atoms with van der Waals surface area (Å²) in [5.41, 5.74) is -1.01. The maximum Gasteiger partial charge on any atom is 0.312 e. The lowest BCUT2D eigenvalue weighted by Gasteiger charge is -2.34. The van der Waals surface area contributed by atoms with E-state index < -0.39 is 35.6 Å². The van der Waals surface area contributed by atoms with E-state index in [9.17, 15) is 14.4 Å². The van der Waals surface area contributed by atoms with Crippen LogP contribution in [-0.4, -0.2) is 76.7 Å². The van der Waals surface area contributed by atoms with Gasteiger partial charge in [0.25, 0.3) is 0 Å². The molecule has 3 heterocycles. The Bertz CT molecular complexity index is 691. The number of carbonyl (C=O) groups is 3. The Labute approximate surface area is 198 Å². The van der Waals surface area contributed by atoms with E-state index in [1.165, 1.54) is 0 Å². The van der Waals surface area contributed by atoms with Gasteiger partial charge in [0.2, 0.25) is 11.8 Å². The predicted octanol–water partition coefficient (Wildman–Crippen LogP) is 2.16. The molecular weight excluding hydrogens is 480 g/mol. The van der Waals surface area contributed by atoms with Crippen molar-refractivity contribution >= 4 is 33.7 Å². The quantitative estimate of drug-likeness (QED) is 0.221. The number of alkyl halides is 1. The summed E-state index contributed by atoms with van der Waals surface area (Å²) in [6.07, 6.45) is 6.20. The molecule has 0 saturated carbocycles. The highest BCUT2D eigenvalue weighted by molar-refractivity contribution is 9.09. The zero-order chi connectivity index (χ0) is 23.3. The number of rotatable bonds is 13. The Morgan fingerprint density at radius 1 is 1.22 bits per heavy atom. The number of hydrogen-bond donors (Lipinski definition) is 2. The molecule has 182 valence electrons. The summed E-state index contributed by atoms with van der Waals surface area (Å²) < 4.78 is 11.7. The summed E-state index contributed by atoms with van der Waals surface area (Å²) in [4.78, 5) is 41.3. The van der Waals surface area contributed by atoms with Crippen molar-refractivity contribution in [1.82, 2.24) is 10.2 Å². The molecule has 3 saturated heterocycles. The number of aliphatic hydroxyl groups excluding tert-OH is 1. The highest BCUT2D eigenvalue weighted by atomic mass is 79.9. The van der Waals surface area contributed by atoms with E-state index in [4.69, 9.17) is 14.6 Å². The van der Waals surface area contributed by atoms with Crippen LogP contribution in [0.1, 0.15) is 65.2 Å². The molecule has 0 aromatic carbocycles. The van der Waals surface area contributed by atoms with Gasteiger partial charge in [-0.1, -0.05) is 48.5 Å². The number of ether oxygens (including phenoxy) is 2. The lowest BCUT2D eigenvalue weighted by atomic mass is 9.70. The average Bonchev–Trinajstić information content (AvgIpc) is 3.35. The van der Waals surface area contributed by atoms with Crippen molar-refractivity contribution in [3.63, 3.8) is 0 Å². The topological polar surface area (TPSA) is 105 Å². The van der Waals surface area contributed by atoms with Crippen molar-refractivity contribution in [3.8, 4) is 0 Å². The molecule has 32 heavy (non-hydrogen) atoms. The maximum atomic E-state index is 13.6. The third-order valence-electron chi connectivity index (χ3n) is 6.98. The first-order valence-electron chi connectivity index (χ1n) is 12.1. The van der Waals surface area contributed by atoms with Gasteiger partial charge in [-0.3, -0.25) is 14.4 Å². The molecule has 9 heteroatoms. The fraction of sp³-hybridized carbons (Fsp3) is 0.870. The van der Waals surface area contributed by atoms with E-state index in [0.717, 1.165) is 44.9 Å². The van der Waals surface area contributed by atoms with Gasteiger partial charge in [0.15, 0.2) is 0 Å². The number of nitrogens with one attached hydrogen (secondary N) is 1. The number of likely N-dealkylation sites (tertiary alicyclic amines) is 1. The minimum absolute atomic E-state index is 0.110. The molecule has 0 radical (unpaired) electrons. The molecule has 3 aliphatic heterocycles. The van der Waals surface area contributed by atoms with E-state index in [2.05, 4.69) is 28.2 Å². The van der Waals surface area contributed by atoms with Crippen molar-refractivity contribution in [2.24, 2.45) is 11.8 Å². The number of amides is 2. The van der Waals surface area contributed by atoms with Crippen LogP contribution in [0.15, 0.2) is 0 Å². The minimum Gasteiger partial charge on any atom is -0.466 e. The van der Waals surface area contributed by atoms with Crippen LogP contribution < -0.4 is 5.32 Å². The van der Waals surface area contributed by atoms with Gasteiger partial charge in [0, 0.05) is 24.5 Å². The molecular formula is C23H37BrN2O6. The van der Waals surface area contributed by atoms with Gasteiger partial charge in [0.05, 0.1) is 24.5 Å². The highest BCUT2D eigenvalue weighted by Crippen LogP contribution is 2.60. The largest absolute Gasteiger partial charge is 0.466 e. The maximum absolute atomic E-state index is 13.6. The van der Waals surface area contributed by atoms with Crippen molar-refractivity contribution in [2.45, 2.75) is 87.8 Å². The second-order valence-electron chi connectivity index (χ2n) is 9.08. The SMILES string of the molecule is CCCCCNC(=O)C1N(CCCCCCO)C(=O)[C@@H]2[C@@H](C(=O)OCC)[C@@H]3OC12CC3Br. The van der Waals surface area contributed by atoms with E-state index >= 15 is 0 Å². The van der Waals surface area contributed by atoms with Crippen LogP contribution in [-0.2, 0) is 23.9 Å². The third kappa shape index (κ3) is 4.71. The van der Waals surface area contributed by atoms with Gasteiger partial charge in [-0.25, -0.2) is 0 Å². The smallest absolute Gasteiger partial charge is 0.312 e. The first-order chi connectivity index (χ1) is 15.4. The monoisotopic (exact) mass is 516 g/mol. The average molecular weight is 517 g/mol. The molecule has 1 spiro atoms. The molecule has 6 atom stereocenters.